The molecule has 134 valence electrons. The molecule has 0 bridgehead atoms. The van der Waals surface area contributed by atoms with E-state index in [4.69, 9.17) is 21.1 Å². The van der Waals surface area contributed by atoms with Gasteiger partial charge in [0.25, 0.3) is 5.91 Å². The van der Waals surface area contributed by atoms with E-state index in [0.717, 1.165) is 21.6 Å². The second kappa shape index (κ2) is 7.19. The van der Waals surface area contributed by atoms with Gasteiger partial charge >= 0.3 is 0 Å². The molecule has 1 atom stereocenters. The molecule has 0 radical (unpaired) electrons. The van der Waals surface area contributed by atoms with Crippen molar-refractivity contribution in [3.8, 4) is 5.88 Å². The Morgan fingerprint density at radius 1 is 1.42 bits per heavy atom. The molecule has 1 aliphatic rings. The highest BCUT2D eigenvalue weighted by Crippen LogP contribution is 2.27. The van der Waals surface area contributed by atoms with Crippen LogP contribution in [0, 0.1) is 6.92 Å². The van der Waals surface area contributed by atoms with Gasteiger partial charge in [0, 0.05) is 18.3 Å². The number of rotatable bonds is 4. The molecule has 1 unspecified atom stereocenters. The van der Waals surface area contributed by atoms with Gasteiger partial charge in [-0.05, 0) is 31.2 Å². The van der Waals surface area contributed by atoms with Gasteiger partial charge in [-0.3, -0.25) is 4.79 Å². The van der Waals surface area contributed by atoms with Crippen LogP contribution in [0.3, 0.4) is 0 Å². The molecule has 26 heavy (non-hydrogen) atoms. The molecular weight excluding hydrogens is 374 g/mol. The van der Waals surface area contributed by atoms with Crippen molar-refractivity contribution in [1.29, 1.82) is 0 Å². The number of carbonyl (C=O) groups excluding carboxylic acids is 1. The largest absolute Gasteiger partial charge is 0.471 e. The fourth-order valence-electron chi connectivity index (χ4n) is 2.72. The predicted octanol–water partition coefficient (Wildman–Crippen LogP) is 4.07. The van der Waals surface area contributed by atoms with Gasteiger partial charge in [-0.2, -0.15) is 0 Å². The maximum absolute atomic E-state index is 12.5. The number of thiazole rings is 1. The van der Waals surface area contributed by atoms with Crippen molar-refractivity contribution in [3.05, 3.63) is 46.1 Å². The topological polar surface area (TPSA) is 73.3 Å². The minimum Gasteiger partial charge on any atom is -0.471 e. The van der Waals surface area contributed by atoms with E-state index in [2.05, 4.69) is 15.3 Å². The van der Waals surface area contributed by atoms with Crippen LogP contribution in [-0.2, 0) is 4.74 Å². The number of ether oxygens (including phenoxy) is 2. The number of nitrogens with one attached hydrogen (secondary N) is 1. The average Bonchev–Trinajstić information content (AvgIpc) is 3.24. The molecule has 0 spiro atoms. The number of aryl methyl sites for hydroxylation is 1. The zero-order valence-electron chi connectivity index (χ0n) is 14.0. The van der Waals surface area contributed by atoms with Crippen LogP contribution in [-0.4, -0.2) is 35.2 Å². The summed E-state index contributed by atoms with van der Waals surface area (Å²) < 4.78 is 12.1. The number of halogens is 1. The Kier molecular flexibility index (Phi) is 4.76. The maximum Gasteiger partial charge on any atom is 0.257 e. The molecule has 1 saturated heterocycles. The van der Waals surface area contributed by atoms with Crippen molar-refractivity contribution in [2.24, 2.45) is 0 Å². The lowest BCUT2D eigenvalue weighted by Gasteiger charge is -2.12. The lowest BCUT2D eigenvalue weighted by Crippen LogP contribution is -2.17. The Hall–Kier alpha value is -2.22. The molecule has 1 aromatic carbocycles. The minimum atomic E-state index is -0.290. The van der Waals surface area contributed by atoms with E-state index < -0.39 is 0 Å². The molecule has 8 heteroatoms. The first-order chi connectivity index (χ1) is 12.6. The maximum atomic E-state index is 12.5. The van der Waals surface area contributed by atoms with E-state index in [9.17, 15) is 4.79 Å². The molecule has 1 aliphatic heterocycles. The highest BCUT2D eigenvalue weighted by atomic mass is 35.5. The van der Waals surface area contributed by atoms with Crippen LogP contribution in [0.15, 0.2) is 30.5 Å². The molecular formula is C18H16ClN3O3S. The average molecular weight is 390 g/mol. The first kappa shape index (κ1) is 17.2. The second-order valence-corrected chi connectivity index (χ2v) is 7.63. The summed E-state index contributed by atoms with van der Waals surface area (Å²) in [6, 6.07) is 7.20. The molecule has 4 rings (SSSR count). The van der Waals surface area contributed by atoms with E-state index in [1.54, 1.807) is 17.4 Å². The number of nitrogens with zero attached hydrogens (tertiary/aromatic N) is 2. The number of anilines is 1. The van der Waals surface area contributed by atoms with E-state index >= 15 is 0 Å². The summed E-state index contributed by atoms with van der Waals surface area (Å²) in [5.41, 5.74) is 1.90. The smallest absolute Gasteiger partial charge is 0.257 e. The van der Waals surface area contributed by atoms with Crippen molar-refractivity contribution in [1.82, 2.24) is 9.97 Å². The quantitative estimate of drug-likeness (QED) is 0.728. The van der Waals surface area contributed by atoms with Gasteiger partial charge in [-0.25, -0.2) is 9.97 Å². The standard InChI is InChI=1S/C18H16ClN3O3S/c1-10-21-15-7-12(2-3-16(15)26-10)22-17(23)11-6-14(19)18(20-8-11)25-13-4-5-24-9-13/h2-3,6-8,13H,4-5,9H2,1H3,(H,22,23). The minimum absolute atomic E-state index is 0.0482. The summed E-state index contributed by atoms with van der Waals surface area (Å²) in [6.45, 7) is 3.16. The van der Waals surface area contributed by atoms with Gasteiger partial charge in [0.1, 0.15) is 11.1 Å². The third-order valence-electron chi connectivity index (χ3n) is 3.99. The van der Waals surface area contributed by atoms with Crippen molar-refractivity contribution < 1.29 is 14.3 Å². The molecule has 3 heterocycles. The normalized spacial score (nSPS) is 16.8. The summed E-state index contributed by atoms with van der Waals surface area (Å²) in [5, 5.41) is 4.14. The first-order valence-electron chi connectivity index (χ1n) is 8.17. The van der Waals surface area contributed by atoms with Gasteiger partial charge in [0.15, 0.2) is 0 Å². The molecule has 1 amide bonds. The van der Waals surface area contributed by atoms with E-state index in [0.29, 0.717) is 35.4 Å². The third kappa shape index (κ3) is 3.65. The fraction of sp³-hybridized carbons (Fsp3) is 0.278. The highest BCUT2D eigenvalue weighted by molar-refractivity contribution is 7.18. The molecule has 1 N–H and O–H groups in total. The van der Waals surface area contributed by atoms with Gasteiger partial charge in [-0.15, -0.1) is 11.3 Å². The van der Waals surface area contributed by atoms with Gasteiger partial charge < -0.3 is 14.8 Å². The summed E-state index contributed by atoms with van der Waals surface area (Å²) in [7, 11) is 0. The molecule has 2 aromatic heterocycles. The van der Waals surface area contributed by atoms with Crippen LogP contribution >= 0.6 is 22.9 Å². The lowest BCUT2D eigenvalue weighted by atomic mass is 10.2. The summed E-state index contributed by atoms with van der Waals surface area (Å²) in [4.78, 5) is 21.1. The fourth-order valence-corrected chi connectivity index (χ4v) is 3.74. The summed E-state index contributed by atoms with van der Waals surface area (Å²) >= 11 is 7.84. The molecule has 6 nitrogen and oxygen atoms in total. The monoisotopic (exact) mass is 389 g/mol. The van der Waals surface area contributed by atoms with Crippen molar-refractivity contribution >= 4 is 44.7 Å². The van der Waals surface area contributed by atoms with E-state index in [1.807, 2.05) is 25.1 Å². The first-order valence-corrected chi connectivity index (χ1v) is 9.36. The number of pyridine rings is 1. The van der Waals surface area contributed by atoms with Crippen LogP contribution < -0.4 is 10.1 Å². The van der Waals surface area contributed by atoms with Gasteiger partial charge in [-0.1, -0.05) is 11.6 Å². The zero-order valence-corrected chi connectivity index (χ0v) is 15.6. The Morgan fingerprint density at radius 3 is 3.08 bits per heavy atom. The second-order valence-electron chi connectivity index (χ2n) is 5.98. The Morgan fingerprint density at radius 2 is 2.31 bits per heavy atom. The number of benzene rings is 1. The predicted molar refractivity (Wildman–Crippen MR) is 101 cm³/mol. The van der Waals surface area contributed by atoms with Gasteiger partial charge in [0.05, 0.1) is 34.0 Å². The van der Waals surface area contributed by atoms with Crippen LogP contribution in [0.25, 0.3) is 10.2 Å². The third-order valence-corrected chi connectivity index (χ3v) is 5.21. The van der Waals surface area contributed by atoms with E-state index in [-0.39, 0.29) is 12.0 Å². The van der Waals surface area contributed by atoms with Crippen LogP contribution in [0.2, 0.25) is 5.02 Å². The van der Waals surface area contributed by atoms with Crippen LogP contribution in [0.1, 0.15) is 21.8 Å². The highest BCUT2D eigenvalue weighted by Gasteiger charge is 2.20. The number of fused-ring (bicyclic) bond motifs is 1. The van der Waals surface area contributed by atoms with E-state index in [1.165, 1.54) is 6.20 Å². The number of hydrogen-bond donors (Lipinski definition) is 1. The summed E-state index contributed by atoms with van der Waals surface area (Å²) in [5.74, 6) is 0.0273. The molecule has 3 aromatic rings. The number of hydrogen-bond acceptors (Lipinski definition) is 6. The molecule has 1 fully saturated rings. The Bertz CT molecular complexity index is 969. The number of amides is 1. The Balaban J connectivity index is 1.48. The van der Waals surface area contributed by atoms with Crippen molar-refractivity contribution in [2.45, 2.75) is 19.4 Å². The SMILES string of the molecule is Cc1nc2cc(NC(=O)c3cnc(OC4CCOC4)c(Cl)c3)ccc2s1. The zero-order chi connectivity index (χ0) is 18.1. The van der Waals surface area contributed by atoms with Crippen LogP contribution in [0.5, 0.6) is 5.88 Å². The Labute approximate surface area is 159 Å². The summed E-state index contributed by atoms with van der Waals surface area (Å²) in [6.07, 6.45) is 2.21. The number of carbonyl (C=O) groups is 1. The van der Waals surface area contributed by atoms with Crippen LogP contribution in [0.4, 0.5) is 5.69 Å². The molecule has 0 saturated carbocycles. The molecule has 0 aliphatic carbocycles. The van der Waals surface area contributed by atoms with Crippen molar-refractivity contribution in [3.63, 3.8) is 0 Å². The van der Waals surface area contributed by atoms with Crippen molar-refractivity contribution in [2.75, 3.05) is 18.5 Å². The lowest BCUT2D eigenvalue weighted by molar-refractivity contribution is 0.102. The number of aromatic nitrogens is 2. The van der Waals surface area contributed by atoms with Gasteiger partial charge in [0.2, 0.25) is 5.88 Å².